The van der Waals surface area contributed by atoms with Crippen LogP contribution in [-0.4, -0.2) is 0 Å². The lowest BCUT2D eigenvalue weighted by Gasteiger charge is -2.14. The zero-order chi connectivity index (χ0) is 12.6. The van der Waals surface area contributed by atoms with Gasteiger partial charge in [0.05, 0.1) is 13.6 Å². The van der Waals surface area contributed by atoms with Crippen LogP contribution in [0.2, 0.25) is 0 Å². The van der Waals surface area contributed by atoms with E-state index >= 15 is 0 Å². The summed E-state index contributed by atoms with van der Waals surface area (Å²) in [6.45, 7) is 2.07. The van der Waals surface area contributed by atoms with Gasteiger partial charge in [-0.05, 0) is 61.5 Å². The van der Waals surface area contributed by atoms with E-state index in [1.54, 1.807) is 11.3 Å². The highest BCUT2D eigenvalue weighted by Crippen LogP contribution is 2.38. The monoisotopic (exact) mass is 437 g/mol. The highest BCUT2D eigenvalue weighted by atomic mass is 79.9. The molecule has 0 aliphatic heterocycles. The van der Waals surface area contributed by atoms with Gasteiger partial charge in [-0.25, -0.2) is 0 Å². The largest absolute Gasteiger partial charge is 0.320 e. The van der Waals surface area contributed by atoms with E-state index in [-0.39, 0.29) is 6.04 Å². The molecule has 1 unspecified atom stereocenters. The van der Waals surface area contributed by atoms with Crippen molar-refractivity contribution < 1.29 is 0 Å². The minimum atomic E-state index is -0.124. The fourth-order valence-electron chi connectivity index (χ4n) is 1.64. The number of aryl methyl sites for hydroxylation is 1. The first-order chi connectivity index (χ1) is 8.00. The van der Waals surface area contributed by atoms with Crippen LogP contribution in [0.25, 0.3) is 0 Å². The molecule has 2 rings (SSSR count). The van der Waals surface area contributed by atoms with Crippen molar-refractivity contribution in [2.45, 2.75) is 13.0 Å². The summed E-state index contributed by atoms with van der Waals surface area (Å²) in [7, 11) is 0. The predicted octanol–water partition coefficient (Wildman–Crippen LogP) is 5.39. The molecule has 1 nitrogen and oxygen atoms in total. The number of rotatable bonds is 2. The summed E-state index contributed by atoms with van der Waals surface area (Å²) in [4.78, 5) is 0. The molecule has 17 heavy (non-hydrogen) atoms. The minimum absolute atomic E-state index is 0.124. The van der Waals surface area contributed by atoms with Crippen molar-refractivity contribution in [1.29, 1.82) is 0 Å². The van der Waals surface area contributed by atoms with Crippen LogP contribution in [0.4, 0.5) is 0 Å². The van der Waals surface area contributed by atoms with Crippen LogP contribution in [-0.2, 0) is 0 Å². The summed E-state index contributed by atoms with van der Waals surface area (Å²) in [6, 6.07) is 8.10. The van der Waals surface area contributed by atoms with Gasteiger partial charge in [0, 0.05) is 4.47 Å². The highest BCUT2D eigenvalue weighted by molar-refractivity contribution is 9.12. The standard InChI is InChI=1S/C12H10Br3NS/c1-6-3-2-4-7(10(6)14)11(16)8-5-9(13)17-12(8)15/h2-5,11H,16H2,1H3. The molecule has 0 saturated carbocycles. The SMILES string of the molecule is Cc1cccc(C(N)c2cc(Br)sc2Br)c1Br. The molecule has 2 N–H and O–H groups in total. The minimum Gasteiger partial charge on any atom is -0.320 e. The Hall–Kier alpha value is 0.320. The highest BCUT2D eigenvalue weighted by Gasteiger charge is 2.17. The van der Waals surface area contributed by atoms with Gasteiger partial charge in [0.15, 0.2) is 0 Å². The van der Waals surface area contributed by atoms with Crippen LogP contribution < -0.4 is 5.73 Å². The molecular formula is C12H10Br3NS. The second-order valence-electron chi connectivity index (χ2n) is 3.74. The van der Waals surface area contributed by atoms with Crippen molar-refractivity contribution in [3.8, 4) is 0 Å². The first-order valence-electron chi connectivity index (χ1n) is 4.96. The molecule has 0 aliphatic rings. The van der Waals surface area contributed by atoms with Gasteiger partial charge in [0.1, 0.15) is 0 Å². The molecule has 0 aliphatic carbocycles. The summed E-state index contributed by atoms with van der Waals surface area (Å²) in [5, 5.41) is 0. The lowest BCUT2D eigenvalue weighted by molar-refractivity contribution is 0.864. The van der Waals surface area contributed by atoms with Gasteiger partial charge >= 0.3 is 0 Å². The molecule has 0 fully saturated rings. The molecule has 0 amide bonds. The Morgan fingerprint density at radius 3 is 2.47 bits per heavy atom. The third-order valence-electron chi connectivity index (χ3n) is 2.57. The van der Waals surface area contributed by atoms with Crippen molar-refractivity contribution in [3.05, 3.63) is 53.0 Å². The molecule has 1 atom stereocenters. The van der Waals surface area contributed by atoms with E-state index in [9.17, 15) is 0 Å². The Morgan fingerprint density at radius 2 is 1.88 bits per heavy atom. The molecule has 1 aromatic heterocycles. The Morgan fingerprint density at radius 1 is 1.18 bits per heavy atom. The van der Waals surface area contributed by atoms with E-state index < -0.39 is 0 Å². The number of nitrogens with two attached hydrogens (primary N) is 1. The van der Waals surface area contributed by atoms with Crippen molar-refractivity contribution in [1.82, 2.24) is 0 Å². The van der Waals surface area contributed by atoms with E-state index in [0.29, 0.717) is 0 Å². The normalized spacial score (nSPS) is 12.8. The average molecular weight is 440 g/mol. The summed E-state index contributed by atoms with van der Waals surface area (Å²) < 4.78 is 3.24. The summed E-state index contributed by atoms with van der Waals surface area (Å²) in [6.07, 6.45) is 0. The predicted molar refractivity (Wildman–Crippen MR) is 84.6 cm³/mol. The Balaban J connectivity index is 2.47. The number of hydrogen-bond donors (Lipinski definition) is 1. The Kier molecular flexibility index (Phi) is 4.47. The maximum Gasteiger partial charge on any atom is 0.0761 e. The summed E-state index contributed by atoms with van der Waals surface area (Å²) in [5.74, 6) is 0. The van der Waals surface area contributed by atoms with Crippen LogP contribution in [0.3, 0.4) is 0 Å². The Bertz CT molecular complexity index is 551. The third-order valence-corrected chi connectivity index (χ3v) is 6.04. The molecule has 0 bridgehead atoms. The molecule has 90 valence electrons. The lowest BCUT2D eigenvalue weighted by Crippen LogP contribution is -2.12. The molecular weight excluding hydrogens is 430 g/mol. The second kappa shape index (κ2) is 5.53. The van der Waals surface area contributed by atoms with E-state index in [2.05, 4.69) is 72.9 Å². The van der Waals surface area contributed by atoms with E-state index in [1.165, 1.54) is 5.56 Å². The number of benzene rings is 1. The summed E-state index contributed by atoms with van der Waals surface area (Å²) in [5.41, 5.74) is 9.74. The van der Waals surface area contributed by atoms with Crippen LogP contribution in [0.1, 0.15) is 22.7 Å². The first kappa shape index (κ1) is 13.7. The van der Waals surface area contributed by atoms with Crippen LogP contribution >= 0.6 is 59.1 Å². The quantitative estimate of drug-likeness (QED) is 0.666. The number of thiophene rings is 1. The number of halogens is 3. The van der Waals surface area contributed by atoms with Gasteiger partial charge in [-0.2, -0.15) is 0 Å². The smallest absolute Gasteiger partial charge is 0.0761 e. The molecule has 2 aromatic rings. The zero-order valence-electron chi connectivity index (χ0n) is 9.01. The van der Waals surface area contributed by atoms with Crippen molar-refractivity contribution in [3.63, 3.8) is 0 Å². The van der Waals surface area contributed by atoms with Crippen LogP contribution in [0.15, 0.2) is 36.3 Å². The van der Waals surface area contributed by atoms with Gasteiger partial charge in [-0.3, -0.25) is 0 Å². The Labute approximate surface area is 130 Å². The van der Waals surface area contributed by atoms with Crippen molar-refractivity contribution in [2.75, 3.05) is 0 Å². The van der Waals surface area contributed by atoms with Crippen LogP contribution in [0, 0.1) is 6.92 Å². The third kappa shape index (κ3) is 2.84. The second-order valence-corrected chi connectivity index (χ2v) is 8.28. The van der Waals surface area contributed by atoms with Crippen molar-refractivity contribution in [2.24, 2.45) is 5.73 Å². The maximum absolute atomic E-state index is 6.33. The van der Waals surface area contributed by atoms with Gasteiger partial charge in [0.2, 0.25) is 0 Å². The molecule has 0 saturated heterocycles. The summed E-state index contributed by atoms with van der Waals surface area (Å²) >= 11 is 12.3. The van der Waals surface area contributed by atoms with Crippen LogP contribution in [0.5, 0.6) is 0 Å². The maximum atomic E-state index is 6.33. The molecule has 0 spiro atoms. The van der Waals surface area contributed by atoms with Gasteiger partial charge < -0.3 is 5.73 Å². The van der Waals surface area contributed by atoms with Gasteiger partial charge in [-0.15, -0.1) is 11.3 Å². The van der Waals surface area contributed by atoms with Crippen molar-refractivity contribution >= 4 is 59.1 Å². The first-order valence-corrected chi connectivity index (χ1v) is 8.15. The lowest BCUT2D eigenvalue weighted by atomic mass is 10.0. The molecule has 5 heteroatoms. The molecule has 1 aromatic carbocycles. The topological polar surface area (TPSA) is 26.0 Å². The van der Waals surface area contributed by atoms with Gasteiger partial charge in [0.25, 0.3) is 0 Å². The fraction of sp³-hybridized carbons (Fsp3) is 0.167. The van der Waals surface area contributed by atoms with E-state index in [1.807, 2.05) is 6.07 Å². The van der Waals surface area contributed by atoms with E-state index in [0.717, 1.165) is 23.2 Å². The zero-order valence-corrected chi connectivity index (χ0v) is 14.6. The number of hydrogen-bond acceptors (Lipinski definition) is 2. The average Bonchev–Trinajstić information content (AvgIpc) is 2.61. The fourth-order valence-corrected chi connectivity index (χ4v) is 5.08. The van der Waals surface area contributed by atoms with Gasteiger partial charge in [-0.1, -0.05) is 34.1 Å². The molecule has 0 radical (unpaired) electrons. The van der Waals surface area contributed by atoms with E-state index in [4.69, 9.17) is 5.73 Å². The molecule has 1 heterocycles.